The highest BCUT2D eigenvalue weighted by Crippen LogP contribution is 2.26. The van der Waals surface area contributed by atoms with Crippen LogP contribution in [-0.4, -0.2) is 30.7 Å². The number of primary amides is 1. The van der Waals surface area contributed by atoms with Gasteiger partial charge < -0.3 is 19.9 Å². The summed E-state index contributed by atoms with van der Waals surface area (Å²) in [6.07, 6.45) is 5.25. The standard InChI is InChI=1S/C14H18O2.C5H11NO2/c1-2-6-12-10-13(9-11(12)5-1)16-14-7-3-4-8-15-14;1-5(2,3)8-4(6)7/h1-2,5-6,13-14H,3-4,7-10H2;1-3H3,(H2,6,7). The number of carbonyl (C=O) groups excluding carboxylic acids is 1. The molecule has 1 aliphatic carbocycles. The average Bonchev–Trinajstić information content (AvgIpc) is 2.88. The second kappa shape index (κ2) is 8.49. The molecule has 1 aromatic carbocycles. The molecular formula is C19H29NO4. The molecular weight excluding hydrogens is 306 g/mol. The van der Waals surface area contributed by atoms with Gasteiger partial charge in [-0.1, -0.05) is 24.3 Å². The van der Waals surface area contributed by atoms with Crippen LogP contribution < -0.4 is 5.73 Å². The highest BCUT2D eigenvalue weighted by Gasteiger charge is 2.25. The minimum atomic E-state index is -0.725. The van der Waals surface area contributed by atoms with Gasteiger partial charge in [-0.25, -0.2) is 4.79 Å². The number of nitrogens with two attached hydrogens (primary N) is 1. The first-order valence-electron chi connectivity index (χ1n) is 8.66. The molecule has 0 saturated carbocycles. The first-order chi connectivity index (χ1) is 11.3. The molecule has 0 radical (unpaired) electrons. The molecule has 0 spiro atoms. The molecule has 1 heterocycles. The molecule has 1 saturated heterocycles. The number of hydrogen-bond donors (Lipinski definition) is 1. The van der Waals surface area contributed by atoms with Gasteiger partial charge in [-0.15, -0.1) is 0 Å². The normalized spacial score (nSPS) is 20.7. The summed E-state index contributed by atoms with van der Waals surface area (Å²) < 4.78 is 16.2. The van der Waals surface area contributed by atoms with Crippen LogP contribution in [0, 0.1) is 0 Å². The molecule has 134 valence electrons. The number of ether oxygens (including phenoxy) is 3. The van der Waals surface area contributed by atoms with E-state index in [-0.39, 0.29) is 6.29 Å². The Morgan fingerprint density at radius 2 is 1.79 bits per heavy atom. The predicted molar refractivity (Wildman–Crippen MR) is 92.7 cm³/mol. The van der Waals surface area contributed by atoms with Gasteiger partial charge in [0.1, 0.15) is 5.60 Å². The average molecular weight is 335 g/mol. The van der Waals surface area contributed by atoms with Crippen LogP contribution >= 0.6 is 0 Å². The molecule has 1 amide bonds. The third kappa shape index (κ3) is 6.49. The molecule has 2 aliphatic rings. The van der Waals surface area contributed by atoms with Gasteiger partial charge in [-0.3, -0.25) is 0 Å². The summed E-state index contributed by atoms with van der Waals surface area (Å²) in [5.41, 5.74) is 7.16. The van der Waals surface area contributed by atoms with Gasteiger partial charge in [0, 0.05) is 6.61 Å². The van der Waals surface area contributed by atoms with Crippen LogP contribution in [0.2, 0.25) is 0 Å². The van der Waals surface area contributed by atoms with Crippen molar-refractivity contribution in [2.45, 2.75) is 70.9 Å². The van der Waals surface area contributed by atoms with E-state index in [1.807, 2.05) is 0 Å². The Morgan fingerprint density at radius 3 is 2.21 bits per heavy atom. The van der Waals surface area contributed by atoms with E-state index in [1.165, 1.54) is 24.0 Å². The maximum Gasteiger partial charge on any atom is 0.405 e. The lowest BCUT2D eigenvalue weighted by Crippen LogP contribution is -2.28. The number of benzene rings is 1. The van der Waals surface area contributed by atoms with Crippen LogP contribution in [0.25, 0.3) is 0 Å². The van der Waals surface area contributed by atoms with E-state index in [4.69, 9.17) is 15.2 Å². The zero-order valence-corrected chi connectivity index (χ0v) is 14.9. The monoisotopic (exact) mass is 335 g/mol. The molecule has 5 heteroatoms. The Labute approximate surface area is 144 Å². The SMILES string of the molecule is CC(C)(C)OC(N)=O.c1ccc2c(c1)CC(OC1CCCCO1)C2. The maximum absolute atomic E-state index is 10.0. The Kier molecular flexibility index (Phi) is 6.63. The lowest BCUT2D eigenvalue weighted by Gasteiger charge is -2.25. The number of carbonyl (C=O) groups is 1. The number of fused-ring (bicyclic) bond motifs is 1. The second-order valence-corrected chi connectivity index (χ2v) is 7.26. The van der Waals surface area contributed by atoms with Gasteiger partial charge in [-0.05, 0) is 64.0 Å². The quantitative estimate of drug-likeness (QED) is 0.897. The van der Waals surface area contributed by atoms with Crippen LogP contribution in [-0.2, 0) is 27.1 Å². The fourth-order valence-corrected chi connectivity index (χ4v) is 2.95. The summed E-state index contributed by atoms with van der Waals surface area (Å²) in [5.74, 6) is 0. The van der Waals surface area contributed by atoms with E-state index < -0.39 is 11.7 Å². The van der Waals surface area contributed by atoms with Gasteiger partial charge in [0.15, 0.2) is 6.29 Å². The summed E-state index contributed by atoms with van der Waals surface area (Å²) in [7, 11) is 0. The Balaban J connectivity index is 0.000000224. The minimum Gasteiger partial charge on any atom is -0.444 e. The second-order valence-electron chi connectivity index (χ2n) is 7.26. The summed E-state index contributed by atoms with van der Waals surface area (Å²) in [5, 5.41) is 0. The van der Waals surface area contributed by atoms with E-state index in [9.17, 15) is 4.79 Å². The van der Waals surface area contributed by atoms with Crippen molar-refractivity contribution in [2.24, 2.45) is 5.73 Å². The van der Waals surface area contributed by atoms with Crippen molar-refractivity contribution in [3.05, 3.63) is 35.4 Å². The topological polar surface area (TPSA) is 70.8 Å². The molecule has 2 N–H and O–H groups in total. The molecule has 1 atom stereocenters. The van der Waals surface area contributed by atoms with Crippen molar-refractivity contribution in [3.8, 4) is 0 Å². The summed E-state index contributed by atoms with van der Waals surface area (Å²) in [4.78, 5) is 10.0. The predicted octanol–water partition coefficient (Wildman–Crippen LogP) is 3.58. The van der Waals surface area contributed by atoms with Gasteiger partial charge >= 0.3 is 6.09 Å². The van der Waals surface area contributed by atoms with Gasteiger partial charge in [-0.2, -0.15) is 0 Å². The molecule has 1 aliphatic heterocycles. The van der Waals surface area contributed by atoms with Crippen molar-refractivity contribution in [1.82, 2.24) is 0 Å². The van der Waals surface area contributed by atoms with E-state index >= 15 is 0 Å². The largest absolute Gasteiger partial charge is 0.444 e. The molecule has 0 aromatic heterocycles. The van der Waals surface area contributed by atoms with Gasteiger partial charge in [0.25, 0.3) is 0 Å². The van der Waals surface area contributed by atoms with E-state index in [1.54, 1.807) is 20.8 Å². The van der Waals surface area contributed by atoms with E-state index in [0.29, 0.717) is 6.10 Å². The first kappa shape index (κ1) is 18.7. The molecule has 3 rings (SSSR count). The first-order valence-corrected chi connectivity index (χ1v) is 8.66. The Morgan fingerprint density at radius 1 is 1.17 bits per heavy atom. The molecule has 0 bridgehead atoms. The summed E-state index contributed by atoms with van der Waals surface area (Å²) >= 11 is 0. The Hall–Kier alpha value is -1.59. The van der Waals surface area contributed by atoms with Crippen molar-refractivity contribution in [2.75, 3.05) is 6.61 Å². The molecule has 1 unspecified atom stereocenters. The lowest BCUT2D eigenvalue weighted by molar-refractivity contribution is -0.185. The lowest BCUT2D eigenvalue weighted by atomic mass is 10.1. The molecule has 24 heavy (non-hydrogen) atoms. The number of amides is 1. The fraction of sp³-hybridized carbons (Fsp3) is 0.632. The van der Waals surface area contributed by atoms with Gasteiger partial charge in [0.2, 0.25) is 0 Å². The highest BCUT2D eigenvalue weighted by atomic mass is 16.7. The minimum absolute atomic E-state index is 0.0491. The molecule has 1 fully saturated rings. The van der Waals surface area contributed by atoms with Crippen LogP contribution in [0.1, 0.15) is 51.2 Å². The van der Waals surface area contributed by atoms with Crippen molar-refractivity contribution in [1.29, 1.82) is 0 Å². The zero-order valence-electron chi connectivity index (χ0n) is 14.9. The maximum atomic E-state index is 10.0. The molecule has 5 nitrogen and oxygen atoms in total. The smallest absolute Gasteiger partial charge is 0.405 e. The van der Waals surface area contributed by atoms with Crippen LogP contribution in [0.4, 0.5) is 4.79 Å². The van der Waals surface area contributed by atoms with E-state index in [0.717, 1.165) is 25.9 Å². The van der Waals surface area contributed by atoms with Crippen molar-refractivity contribution < 1.29 is 19.0 Å². The van der Waals surface area contributed by atoms with E-state index in [2.05, 4.69) is 29.0 Å². The fourth-order valence-electron chi connectivity index (χ4n) is 2.95. The zero-order chi connectivity index (χ0) is 17.6. The Bertz CT molecular complexity index is 507. The third-order valence-electron chi connectivity index (χ3n) is 3.90. The van der Waals surface area contributed by atoms with Crippen LogP contribution in [0.3, 0.4) is 0 Å². The van der Waals surface area contributed by atoms with Gasteiger partial charge in [0.05, 0.1) is 6.10 Å². The van der Waals surface area contributed by atoms with Crippen LogP contribution in [0.15, 0.2) is 24.3 Å². The van der Waals surface area contributed by atoms with Crippen molar-refractivity contribution >= 4 is 6.09 Å². The summed E-state index contributed by atoms with van der Waals surface area (Å²) in [6.45, 7) is 6.15. The molecule has 1 aromatic rings. The number of hydrogen-bond acceptors (Lipinski definition) is 4. The van der Waals surface area contributed by atoms with Crippen molar-refractivity contribution in [3.63, 3.8) is 0 Å². The van der Waals surface area contributed by atoms with Crippen LogP contribution in [0.5, 0.6) is 0 Å². The summed E-state index contributed by atoms with van der Waals surface area (Å²) in [6, 6.07) is 8.64. The highest BCUT2D eigenvalue weighted by molar-refractivity contribution is 5.65. The number of rotatable bonds is 2. The third-order valence-corrected chi connectivity index (χ3v) is 3.90.